The summed E-state index contributed by atoms with van der Waals surface area (Å²) in [4.78, 5) is 11.0. The minimum Gasteiger partial charge on any atom is -0.478 e. The zero-order valence-electron chi connectivity index (χ0n) is 10.3. The van der Waals surface area contributed by atoms with Gasteiger partial charge in [-0.05, 0) is 40.2 Å². The van der Waals surface area contributed by atoms with Crippen LogP contribution in [-0.2, 0) is 0 Å². The number of nitrogen functional groups attached to an aromatic ring is 1. The lowest BCUT2D eigenvalue weighted by Crippen LogP contribution is -2.05. The molecule has 0 amide bonds. The Morgan fingerprint density at radius 1 is 1.29 bits per heavy atom. The van der Waals surface area contributed by atoms with Crippen molar-refractivity contribution in [2.75, 3.05) is 11.1 Å². The summed E-state index contributed by atoms with van der Waals surface area (Å²) >= 11 is 8.97. The molecule has 0 aromatic heterocycles. The third-order valence-corrected chi connectivity index (χ3v) is 3.56. The molecule has 0 saturated heterocycles. The second kappa shape index (κ2) is 5.87. The molecular formula is C13H8BrClF2N2O2. The number of halogens is 4. The van der Waals surface area contributed by atoms with Gasteiger partial charge in [0.1, 0.15) is 11.6 Å². The van der Waals surface area contributed by atoms with Gasteiger partial charge in [-0.3, -0.25) is 0 Å². The molecule has 0 aliphatic carbocycles. The molecule has 0 aliphatic rings. The van der Waals surface area contributed by atoms with Gasteiger partial charge in [0.25, 0.3) is 0 Å². The zero-order chi connectivity index (χ0) is 15.7. The van der Waals surface area contributed by atoms with E-state index in [1.807, 2.05) is 0 Å². The highest BCUT2D eigenvalue weighted by Crippen LogP contribution is 2.35. The van der Waals surface area contributed by atoms with Gasteiger partial charge in [-0.25, -0.2) is 13.6 Å². The molecule has 2 rings (SSSR count). The van der Waals surface area contributed by atoms with Crippen LogP contribution in [0.3, 0.4) is 0 Å². The molecule has 0 heterocycles. The molecule has 0 spiro atoms. The Morgan fingerprint density at radius 3 is 2.52 bits per heavy atom. The van der Waals surface area contributed by atoms with Crippen LogP contribution in [0.2, 0.25) is 5.02 Å². The Balaban J connectivity index is 2.50. The molecule has 0 fully saturated rings. The third kappa shape index (κ3) is 3.25. The predicted octanol–water partition coefficient (Wildman–Crippen LogP) is 4.40. The first kappa shape index (κ1) is 15.5. The number of anilines is 3. The van der Waals surface area contributed by atoms with Gasteiger partial charge in [0.05, 0.1) is 22.0 Å². The fraction of sp³-hybridized carbons (Fsp3) is 0. The van der Waals surface area contributed by atoms with E-state index in [4.69, 9.17) is 22.4 Å². The minimum atomic E-state index is -1.29. The Bertz CT molecular complexity index is 717. The van der Waals surface area contributed by atoms with Gasteiger partial charge in [-0.15, -0.1) is 0 Å². The van der Waals surface area contributed by atoms with Gasteiger partial charge in [-0.1, -0.05) is 11.6 Å². The lowest BCUT2D eigenvalue weighted by atomic mass is 10.1. The first-order valence-corrected chi connectivity index (χ1v) is 6.70. The molecule has 0 saturated carbocycles. The summed E-state index contributed by atoms with van der Waals surface area (Å²) in [6.07, 6.45) is 0. The maximum Gasteiger partial charge on any atom is 0.337 e. The Labute approximate surface area is 131 Å². The van der Waals surface area contributed by atoms with E-state index in [1.165, 1.54) is 0 Å². The molecule has 8 heteroatoms. The van der Waals surface area contributed by atoms with Crippen LogP contribution in [0.1, 0.15) is 10.4 Å². The lowest BCUT2D eigenvalue weighted by Gasteiger charge is -2.13. The van der Waals surface area contributed by atoms with E-state index in [0.29, 0.717) is 0 Å². The van der Waals surface area contributed by atoms with Crippen LogP contribution in [-0.4, -0.2) is 11.1 Å². The average molecular weight is 378 g/mol. The molecule has 0 aliphatic heterocycles. The number of carbonyl (C=O) groups is 1. The molecule has 110 valence electrons. The number of benzene rings is 2. The van der Waals surface area contributed by atoms with Gasteiger partial charge in [0, 0.05) is 10.2 Å². The molecular weight excluding hydrogens is 370 g/mol. The van der Waals surface area contributed by atoms with Crippen molar-refractivity contribution in [3.8, 4) is 0 Å². The zero-order valence-corrected chi connectivity index (χ0v) is 12.6. The molecule has 0 bridgehead atoms. The predicted molar refractivity (Wildman–Crippen MR) is 80.2 cm³/mol. The van der Waals surface area contributed by atoms with E-state index in [0.717, 1.165) is 24.3 Å². The van der Waals surface area contributed by atoms with Crippen LogP contribution in [0.25, 0.3) is 0 Å². The maximum atomic E-state index is 13.9. The number of aromatic carboxylic acids is 1. The average Bonchev–Trinajstić information content (AvgIpc) is 2.35. The number of hydrogen-bond donors (Lipinski definition) is 3. The molecule has 21 heavy (non-hydrogen) atoms. The molecule has 4 N–H and O–H groups in total. The maximum absolute atomic E-state index is 13.9. The van der Waals surface area contributed by atoms with Crippen molar-refractivity contribution in [1.82, 2.24) is 0 Å². The number of carboxylic acids is 1. The van der Waals surface area contributed by atoms with E-state index in [9.17, 15) is 13.6 Å². The van der Waals surface area contributed by atoms with E-state index in [1.54, 1.807) is 0 Å². The molecule has 2 aromatic rings. The topological polar surface area (TPSA) is 75.3 Å². The number of hydrogen-bond acceptors (Lipinski definition) is 3. The SMILES string of the molecule is Nc1cc(F)c(Nc2c(Cl)cc(F)cc2Br)cc1C(=O)O. The van der Waals surface area contributed by atoms with Crippen LogP contribution < -0.4 is 11.1 Å². The Morgan fingerprint density at radius 2 is 1.95 bits per heavy atom. The molecule has 2 aromatic carbocycles. The summed E-state index contributed by atoms with van der Waals surface area (Å²) in [5.74, 6) is -2.62. The van der Waals surface area contributed by atoms with E-state index in [-0.39, 0.29) is 32.1 Å². The van der Waals surface area contributed by atoms with Crippen LogP contribution in [0.4, 0.5) is 25.8 Å². The van der Waals surface area contributed by atoms with Crippen molar-refractivity contribution < 1.29 is 18.7 Å². The number of nitrogens with one attached hydrogen (secondary N) is 1. The first-order chi connectivity index (χ1) is 9.79. The van der Waals surface area contributed by atoms with Crippen molar-refractivity contribution >= 4 is 50.6 Å². The highest BCUT2D eigenvalue weighted by atomic mass is 79.9. The van der Waals surface area contributed by atoms with Gasteiger partial charge in [-0.2, -0.15) is 0 Å². The number of rotatable bonds is 3. The summed E-state index contributed by atoms with van der Waals surface area (Å²) in [5, 5.41) is 11.6. The first-order valence-electron chi connectivity index (χ1n) is 5.53. The highest BCUT2D eigenvalue weighted by Gasteiger charge is 2.15. The number of nitrogens with two attached hydrogens (primary N) is 1. The Hall–Kier alpha value is -1.86. The fourth-order valence-electron chi connectivity index (χ4n) is 1.67. The normalized spacial score (nSPS) is 10.5. The summed E-state index contributed by atoms with van der Waals surface area (Å²) in [6, 6.07) is 4.11. The number of carboxylic acid groups (broad SMARTS) is 1. The second-order valence-electron chi connectivity index (χ2n) is 4.09. The van der Waals surface area contributed by atoms with E-state index >= 15 is 0 Å². The van der Waals surface area contributed by atoms with Gasteiger partial charge in [0.15, 0.2) is 0 Å². The quantitative estimate of drug-likeness (QED) is 0.693. The van der Waals surface area contributed by atoms with E-state index in [2.05, 4.69) is 21.2 Å². The molecule has 0 atom stereocenters. The molecule has 4 nitrogen and oxygen atoms in total. The van der Waals surface area contributed by atoms with Gasteiger partial charge < -0.3 is 16.2 Å². The second-order valence-corrected chi connectivity index (χ2v) is 5.36. The van der Waals surface area contributed by atoms with Crippen molar-refractivity contribution in [2.45, 2.75) is 0 Å². The smallest absolute Gasteiger partial charge is 0.337 e. The molecule has 0 unspecified atom stereocenters. The van der Waals surface area contributed by atoms with Gasteiger partial charge in [0.2, 0.25) is 0 Å². The van der Waals surface area contributed by atoms with Crippen molar-refractivity contribution in [3.63, 3.8) is 0 Å². The lowest BCUT2D eigenvalue weighted by molar-refractivity contribution is 0.0698. The van der Waals surface area contributed by atoms with Crippen LogP contribution in [0.5, 0.6) is 0 Å². The minimum absolute atomic E-state index is 0.00924. The fourth-order valence-corrected chi connectivity index (χ4v) is 2.56. The third-order valence-electron chi connectivity index (χ3n) is 2.64. The molecule has 0 radical (unpaired) electrons. The van der Waals surface area contributed by atoms with Crippen LogP contribution >= 0.6 is 27.5 Å². The highest BCUT2D eigenvalue weighted by molar-refractivity contribution is 9.10. The summed E-state index contributed by atoms with van der Waals surface area (Å²) in [7, 11) is 0. The van der Waals surface area contributed by atoms with Crippen molar-refractivity contribution in [1.29, 1.82) is 0 Å². The monoisotopic (exact) mass is 376 g/mol. The van der Waals surface area contributed by atoms with Crippen molar-refractivity contribution in [3.05, 3.63) is 51.0 Å². The van der Waals surface area contributed by atoms with Crippen molar-refractivity contribution in [2.24, 2.45) is 0 Å². The van der Waals surface area contributed by atoms with Crippen LogP contribution in [0.15, 0.2) is 28.7 Å². The van der Waals surface area contributed by atoms with E-state index < -0.39 is 17.6 Å². The standard InChI is InChI=1S/C13H8BrClF2N2O2/c14-7-1-5(16)2-8(15)12(7)19-11-3-6(13(20)21)10(18)4-9(11)17/h1-4,19H,18H2,(H,20,21). The Kier molecular flexibility index (Phi) is 4.34. The van der Waals surface area contributed by atoms with Gasteiger partial charge >= 0.3 is 5.97 Å². The summed E-state index contributed by atoms with van der Waals surface area (Å²) in [5.41, 5.74) is 5.04. The summed E-state index contributed by atoms with van der Waals surface area (Å²) < 4.78 is 27.3. The van der Waals surface area contributed by atoms with Crippen LogP contribution in [0, 0.1) is 11.6 Å². The summed E-state index contributed by atoms with van der Waals surface area (Å²) in [6.45, 7) is 0. The largest absolute Gasteiger partial charge is 0.478 e.